The number of phenols is 2. The number of carbonyl (C=O) groups is 2. The molecule has 8 nitrogen and oxygen atoms in total. The molecular weight excluding hydrogens is 390 g/mol. The lowest BCUT2D eigenvalue weighted by atomic mass is 9.94. The zero-order valence-corrected chi connectivity index (χ0v) is 17.6. The maximum absolute atomic E-state index is 11.9. The van der Waals surface area contributed by atoms with Gasteiger partial charge in [0.15, 0.2) is 6.29 Å². The van der Waals surface area contributed by atoms with Gasteiger partial charge in [0.25, 0.3) is 0 Å². The van der Waals surface area contributed by atoms with Crippen molar-refractivity contribution in [3.8, 4) is 11.5 Å². The van der Waals surface area contributed by atoms with Gasteiger partial charge >= 0.3 is 5.97 Å². The standard InChI is InChI=1S/C22H31NO7/c1-15(4-6-20(26)30-12-9-23-7-10-29-11-8-23)3-5-17-21(27)16(2)18(13-24)19(14-25)22(17)28/h3,14,24,27-28H,4-13H2,1-2H3/b15-3+. The van der Waals surface area contributed by atoms with Crippen molar-refractivity contribution in [2.75, 3.05) is 39.5 Å². The van der Waals surface area contributed by atoms with Crippen molar-refractivity contribution in [1.82, 2.24) is 4.90 Å². The molecule has 0 unspecified atom stereocenters. The first kappa shape index (κ1) is 23.9. The van der Waals surface area contributed by atoms with E-state index in [0.717, 1.165) is 18.7 Å². The van der Waals surface area contributed by atoms with Gasteiger partial charge in [-0.05, 0) is 37.8 Å². The van der Waals surface area contributed by atoms with Gasteiger partial charge in [-0.2, -0.15) is 0 Å². The van der Waals surface area contributed by atoms with Crippen molar-refractivity contribution in [2.24, 2.45) is 0 Å². The fourth-order valence-corrected chi connectivity index (χ4v) is 3.38. The molecule has 0 bridgehead atoms. The highest BCUT2D eigenvalue weighted by atomic mass is 16.5. The van der Waals surface area contributed by atoms with Crippen LogP contribution >= 0.6 is 0 Å². The molecule has 1 heterocycles. The molecule has 0 aromatic heterocycles. The molecule has 1 fully saturated rings. The van der Waals surface area contributed by atoms with E-state index in [-0.39, 0.29) is 47.0 Å². The Morgan fingerprint density at radius 2 is 1.87 bits per heavy atom. The number of nitrogens with zero attached hydrogens (tertiary/aromatic N) is 1. The van der Waals surface area contributed by atoms with E-state index in [4.69, 9.17) is 9.47 Å². The summed E-state index contributed by atoms with van der Waals surface area (Å²) in [5.74, 6) is -0.745. The fraction of sp³-hybridized carbons (Fsp3) is 0.545. The summed E-state index contributed by atoms with van der Waals surface area (Å²) in [5.41, 5.74) is 1.68. The Morgan fingerprint density at radius 1 is 1.17 bits per heavy atom. The van der Waals surface area contributed by atoms with Crippen molar-refractivity contribution < 1.29 is 34.4 Å². The number of hydrogen-bond acceptors (Lipinski definition) is 8. The highest BCUT2D eigenvalue weighted by Crippen LogP contribution is 2.37. The normalized spacial score (nSPS) is 15.2. The SMILES string of the molecule is C/C(=C\Cc1c(O)c(C)c(CO)c(C=O)c1O)CCC(=O)OCCN1CCOCC1. The van der Waals surface area contributed by atoms with Gasteiger partial charge in [0.1, 0.15) is 18.1 Å². The van der Waals surface area contributed by atoms with Gasteiger partial charge < -0.3 is 24.8 Å². The van der Waals surface area contributed by atoms with Crippen LogP contribution in [0.2, 0.25) is 0 Å². The quantitative estimate of drug-likeness (QED) is 0.298. The molecule has 0 spiro atoms. The molecule has 1 aromatic rings. The summed E-state index contributed by atoms with van der Waals surface area (Å²) >= 11 is 0. The molecule has 0 radical (unpaired) electrons. The Labute approximate surface area is 176 Å². The first-order valence-corrected chi connectivity index (χ1v) is 10.1. The second-order valence-electron chi connectivity index (χ2n) is 7.40. The molecule has 30 heavy (non-hydrogen) atoms. The number of aliphatic hydroxyl groups is 1. The van der Waals surface area contributed by atoms with E-state index < -0.39 is 6.61 Å². The molecule has 0 amide bonds. The van der Waals surface area contributed by atoms with E-state index in [9.17, 15) is 24.9 Å². The molecule has 2 rings (SSSR count). The Bertz CT molecular complexity index is 782. The first-order valence-electron chi connectivity index (χ1n) is 10.1. The smallest absolute Gasteiger partial charge is 0.306 e. The van der Waals surface area contributed by atoms with Crippen LogP contribution in [0.4, 0.5) is 0 Å². The Kier molecular flexibility index (Phi) is 9.29. The zero-order chi connectivity index (χ0) is 22.1. The van der Waals surface area contributed by atoms with Crippen molar-refractivity contribution in [2.45, 2.75) is 39.7 Å². The third kappa shape index (κ3) is 6.29. The number of morpholine rings is 1. The fourth-order valence-electron chi connectivity index (χ4n) is 3.38. The molecule has 0 saturated carbocycles. The number of benzene rings is 1. The molecular formula is C22H31NO7. The summed E-state index contributed by atoms with van der Waals surface area (Å²) in [6, 6.07) is 0. The number of aliphatic hydroxyl groups excluding tert-OH is 1. The number of esters is 1. The summed E-state index contributed by atoms with van der Waals surface area (Å²) in [4.78, 5) is 25.4. The topological polar surface area (TPSA) is 117 Å². The van der Waals surface area contributed by atoms with Crippen LogP contribution in [0.3, 0.4) is 0 Å². The van der Waals surface area contributed by atoms with Crippen LogP contribution in [-0.2, 0) is 27.3 Å². The van der Waals surface area contributed by atoms with Gasteiger partial charge in [0.05, 0.1) is 25.4 Å². The Morgan fingerprint density at radius 3 is 2.50 bits per heavy atom. The van der Waals surface area contributed by atoms with Gasteiger partial charge in [-0.25, -0.2) is 0 Å². The number of ether oxygens (including phenoxy) is 2. The van der Waals surface area contributed by atoms with Crippen LogP contribution in [0, 0.1) is 6.92 Å². The molecule has 3 N–H and O–H groups in total. The number of hydrogen-bond donors (Lipinski definition) is 3. The van der Waals surface area contributed by atoms with E-state index in [1.54, 1.807) is 13.0 Å². The minimum Gasteiger partial charge on any atom is -0.507 e. The first-order chi connectivity index (χ1) is 14.4. The molecule has 8 heteroatoms. The minimum atomic E-state index is -0.455. The van der Waals surface area contributed by atoms with Crippen LogP contribution in [0.25, 0.3) is 0 Å². The average Bonchev–Trinajstić information content (AvgIpc) is 2.75. The van der Waals surface area contributed by atoms with Crippen LogP contribution in [-0.4, -0.2) is 71.9 Å². The molecule has 1 saturated heterocycles. The van der Waals surface area contributed by atoms with Gasteiger partial charge in [-0.15, -0.1) is 0 Å². The maximum atomic E-state index is 11.9. The van der Waals surface area contributed by atoms with Crippen molar-refractivity contribution >= 4 is 12.3 Å². The van der Waals surface area contributed by atoms with Crippen LogP contribution in [0.15, 0.2) is 11.6 Å². The van der Waals surface area contributed by atoms with E-state index >= 15 is 0 Å². The van der Waals surface area contributed by atoms with E-state index in [2.05, 4.69) is 4.90 Å². The number of carbonyl (C=O) groups excluding carboxylic acids is 2. The monoisotopic (exact) mass is 421 g/mol. The Balaban J connectivity index is 1.87. The van der Waals surface area contributed by atoms with Crippen LogP contribution in [0.5, 0.6) is 11.5 Å². The average molecular weight is 421 g/mol. The highest BCUT2D eigenvalue weighted by Gasteiger charge is 2.20. The largest absolute Gasteiger partial charge is 0.507 e. The van der Waals surface area contributed by atoms with Gasteiger partial charge in [0.2, 0.25) is 0 Å². The zero-order valence-electron chi connectivity index (χ0n) is 17.6. The number of phenolic OH excluding ortho intramolecular Hbond substituents is 2. The summed E-state index contributed by atoms with van der Waals surface area (Å²) in [5, 5.41) is 30.1. The summed E-state index contributed by atoms with van der Waals surface area (Å²) in [6.07, 6.45) is 3.20. The third-order valence-electron chi connectivity index (χ3n) is 5.39. The third-order valence-corrected chi connectivity index (χ3v) is 5.39. The molecule has 1 aromatic carbocycles. The molecule has 166 valence electrons. The highest BCUT2D eigenvalue weighted by molar-refractivity contribution is 5.84. The summed E-state index contributed by atoms with van der Waals surface area (Å²) in [7, 11) is 0. The molecule has 1 aliphatic rings. The maximum Gasteiger partial charge on any atom is 0.306 e. The number of allylic oxidation sites excluding steroid dienone is 2. The molecule has 0 aliphatic carbocycles. The van der Waals surface area contributed by atoms with Crippen LogP contribution < -0.4 is 0 Å². The van der Waals surface area contributed by atoms with E-state index in [1.807, 2.05) is 6.92 Å². The minimum absolute atomic E-state index is 0.0160. The van der Waals surface area contributed by atoms with Gasteiger partial charge in [0, 0.05) is 31.6 Å². The van der Waals surface area contributed by atoms with Crippen molar-refractivity contribution in [3.63, 3.8) is 0 Å². The predicted octanol–water partition coefficient (Wildman–Crippen LogP) is 1.86. The summed E-state index contributed by atoms with van der Waals surface area (Å²) in [6.45, 7) is 7.15. The van der Waals surface area contributed by atoms with Gasteiger partial charge in [-0.3, -0.25) is 14.5 Å². The molecule has 1 aliphatic heterocycles. The van der Waals surface area contributed by atoms with E-state index in [0.29, 0.717) is 44.6 Å². The second kappa shape index (κ2) is 11.7. The number of rotatable bonds is 10. The second-order valence-corrected chi connectivity index (χ2v) is 7.40. The Hall–Kier alpha value is -2.42. The lowest BCUT2D eigenvalue weighted by molar-refractivity contribution is -0.144. The number of aldehydes is 1. The lowest BCUT2D eigenvalue weighted by Gasteiger charge is -2.26. The molecule has 0 atom stereocenters. The predicted molar refractivity (Wildman–Crippen MR) is 111 cm³/mol. The van der Waals surface area contributed by atoms with Crippen molar-refractivity contribution in [1.29, 1.82) is 0 Å². The summed E-state index contributed by atoms with van der Waals surface area (Å²) < 4.78 is 10.6. The van der Waals surface area contributed by atoms with Crippen LogP contribution in [0.1, 0.15) is 46.8 Å². The van der Waals surface area contributed by atoms with E-state index in [1.165, 1.54) is 0 Å². The number of aromatic hydroxyl groups is 2. The van der Waals surface area contributed by atoms with Gasteiger partial charge in [-0.1, -0.05) is 11.6 Å². The van der Waals surface area contributed by atoms with Crippen molar-refractivity contribution in [3.05, 3.63) is 33.9 Å². The lowest BCUT2D eigenvalue weighted by Crippen LogP contribution is -2.38.